The van der Waals surface area contributed by atoms with E-state index in [1.54, 1.807) is 45.0 Å². The van der Waals surface area contributed by atoms with Crippen molar-refractivity contribution in [2.24, 2.45) is 0 Å². The largest absolute Gasteiger partial charge is 0.444 e. The molecule has 120 valence electrons. The fourth-order valence-corrected chi connectivity index (χ4v) is 1.58. The minimum absolute atomic E-state index is 0.138. The maximum absolute atomic E-state index is 11.8. The van der Waals surface area contributed by atoms with Crippen molar-refractivity contribution in [3.63, 3.8) is 0 Å². The third kappa shape index (κ3) is 6.88. The molecule has 1 aromatic carbocycles. The minimum Gasteiger partial charge on any atom is -0.444 e. The highest BCUT2D eigenvalue weighted by Crippen LogP contribution is 2.25. The summed E-state index contributed by atoms with van der Waals surface area (Å²) in [7, 11) is 0. The van der Waals surface area contributed by atoms with Gasteiger partial charge in [0.25, 0.3) is 0 Å². The van der Waals surface area contributed by atoms with E-state index in [9.17, 15) is 14.4 Å². The molecule has 6 heteroatoms. The summed E-state index contributed by atoms with van der Waals surface area (Å²) in [5.74, 6) is -0.218. The maximum atomic E-state index is 11.8. The van der Waals surface area contributed by atoms with E-state index in [4.69, 9.17) is 9.47 Å². The van der Waals surface area contributed by atoms with Crippen LogP contribution in [0.1, 0.15) is 40.0 Å². The van der Waals surface area contributed by atoms with Crippen LogP contribution in [0.5, 0.6) is 5.75 Å². The van der Waals surface area contributed by atoms with E-state index in [-0.39, 0.29) is 12.2 Å². The molecule has 6 nitrogen and oxygen atoms in total. The van der Waals surface area contributed by atoms with Gasteiger partial charge in [-0.15, -0.1) is 0 Å². The van der Waals surface area contributed by atoms with Crippen molar-refractivity contribution >= 4 is 24.0 Å². The molecule has 0 aliphatic heterocycles. The summed E-state index contributed by atoms with van der Waals surface area (Å²) >= 11 is 0. The van der Waals surface area contributed by atoms with Crippen LogP contribution in [0.25, 0.3) is 0 Å². The molecular weight excluding hydrogens is 286 g/mol. The molecule has 1 N–H and O–H groups in total. The fourth-order valence-electron chi connectivity index (χ4n) is 1.58. The first-order chi connectivity index (χ1) is 10.3. The van der Waals surface area contributed by atoms with E-state index in [0.717, 1.165) is 6.29 Å². The third-order valence-corrected chi connectivity index (χ3v) is 2.45. The first kappa shape index (κ1) is 17.7. The lowest BCUT2D eigenvalue weighted by Crippen LogP contribution is -2.27. The van der Waals surface area contributed by atoms with Crippen LogP contribution in [-0.2, 0) is 14.3 Å². The number of rotatable bonds is 6. The van der Waals surface area contributed by atoms with Crippen molar-refractivity contribution in [2.45, 2.75) is 45.6 Å². The standard InChI is InChI=1S/C16H21NO5/c1-16(2,3)22-15(20)17-12-8-4-5-9-13(12)21-14(19)10-6-7-11-18/h4-5,8-9,11H,6-7,10H2,1-3H3,(H,17,20). The zero-order valence-electron chi connectivity index (χ0n) is 13.0. The van der Waals surface area contributed by atoms with E-state index < -0.39 is 17.7 Å². The van der Waals surface area contributed by atoms with E-state index in [0.29, 0.717) is 18.5 Å². The van der Waals surface area contributed by atoms with Crippen molar-refractivity contribution in [2.75, 3.05) is 5.32 Å². The van der Waals surface area contributed by atoms with Crippen LogP contribution >= 0.6 is 0 Å². The van der Waals surface area contributed by atoms with Crippen molar-refractivity contribution in [3.05, 3.63) is 24.3 Å². The molecule has 0 bridgehead atoms. The highest BCUT2D eigenvalue weighted by atomic mass is 16.6. The molecule has 22 heavy (non-hydrogen) atoms. The number of benzene rings is 1. The van der Waals surface area contributed by atoms with Crippen molar-refractivity contribution in [1.29, 1.82) is 0 Å². The lowest BCUT2D eigenvalue weighted by Gasteiger charge is -2.20. The van der Waals surface area contributed by atoms with Gasteiger partial charge in [0.15, 0.2) is 5.75 Å². The number of nitrogens with one attached hydrogen (secondary N) is 1. The Labute approximate surface area is 129 Å². The summed E-state index contributed by atoms with van der Waals surface area (Å²) in [5, 5.41) is 2.55. The van der Waals surface area contributed by atoms with E-state index in [1.807, 2.05) is 0 Å². The summed E-state index contributed by atoms with van der Waals surface area (Å²) in [6.07, 6.45) is 1.01. The van der Waals surface area contributed by atoms with Gasteiger partial charge in [0.05, 0.1) is 5.69 Å². The zero-order chi connectivity index (χ0) is 16.6. The molecule has 0 atom stereocenters. The fraction of sp³-hybridized carbons (Fsp3) is 0.438. The number of ether oxygens (including phenoxy) is 2. The lowest BCUT2D eigenvalue weighted by atomic mass is 10.2. The summed E-state index contributed by atoms with van der Waals surface area (Å²) in [4.78, 5) is 33.7. The maximum Gasteiger partial charge on any atom is 0.412 e. The van der Waals surface area contributed by atoms with Gasteiger partial charge in [0.1, 0.15) is 11.9 Å². The highest BCUT2D eigenvalue weighted by molar-refractivity contribution is 5.88. The predicted octanol–water partition coefficient (Wildman–Crippen LogP) is 3.31. The molecule has 0 unspecified atom stereocenters. The number of para-hydroxylation sites is 2. The Kier molecular flexibility index (Phi) is 6.56. The van der Waals surface area contributed by atoms with Gasteiger partial charge in [-0.1, -0.05) is 12.1 Å². The van der Waals surface area contributed by atoms with Gasteiger partial charge in [-0.25, -0.2) is 4.79 Å². The number of unbranched alkanes of at least 4 members (excludes halogenated alkanes) is 1. The molecule has 0 aliphatic rings. The van der Waals surface area contributed by atoms with Crippen LogP contribution in [0.2, 0.25) is 0 Å². The highest BCUT2D eigenvalue weighted by Gasteiger charge is 2.18. The molecule has 1 rings (SSSR count). The van der Waals surface area contributed by atoms with Gasteiger partial charge < -0.3 is 14.3 Å². The van der Waals surface area contributed by atoms with Gasteiger partial charge in [-0.3, -0.25) is 10.1 Å². The summed E-state index contributed by atoms with van der Waals surface area (Å²) in [5.41, 5.74) is -0.273. The van der Waals surface area contributed by atoms with Crippen LogP contribution in [-0.4, -0.2) is 23.9 Å². The molecule has 1 aromatic rings. The quantitative estimate of drug-likeness (QED) is 0.377. The monoisotopic (exact) mass is 307 g/mol. The normalized spacial score (nSPS) is 10.7. The van der Waals surface area contributed by atoms with E-state index in [2.05, 4.69) is 5.32 Å². The number of amides is 1. The van der Waals surface area contributed by atoms with Gasteiger partial charge >= 0.3 is 12.1 Å². The smallest absolute Gasteiger partial charge is 0.412 e. The number of esters is 1. The second kappa shape index (κ2) is 8.17. The molecule has 0 saturated carbocycles. The average molecular weight is 307 g/mol. The Morgan fingerprint density at radius 3 is 2.55 bits per heavy atom. The number of carbonyl (C=O) groups excluding carboxylic acids is 3. The molecule has 0 heterocycles. The molecule has 0 aromatic heterocycles. The SMILES string of the molecule is CC(C)(C)OC(=O)Nc1ccccc1OC(=O)CCCC=O. The van der Waals surface area contributed by atoms with Crippen LogP contribution in [0.3, 0.4) is 0 Å². The van der Waals surface area contributed by atoms with Crippen molar-refractivity contribution in [3.8, 4) is 5.75 Å². The molecule has 1 amide bonds. The van der Waals surface area contributed by atoms with Gasteiger partial charge in [-0.05, 0) is 39.3 Å². The molecule has 0 saturated heterocycles. The Balaban J connectivity index is 2.67. The number of carbonyl (C=O) groups is 3. The number of anilines is 1. The van der Waals surface area contributed by atoms with Crippen LogP contribution in [0.15, 0.2) is 24.3 Å². The Bertz CT molecular complexity index is 534. The summed E-state index contributed by atoms with van der Waals surface area (Å²) in [6, 6.07) is 6.58. The number of hydrogen-bond donors (Lipinski definition) is 1. The topological polar surface area (TPSA) is 81.7 Å². The van der Waals surface area contributed by atoms with Crippen molar-refractivity contribution < 1.29 is 23.9 Å². The van der Waals surface area contributed by atoms with Crippen LogP contribution in [0, 0.1) is 0 Å². The first-order valence-corrected chi connectivity index (χ1v) is 7.05. The second-order valence-electron chi connectivity index (χ2n) is 5.66. The zero-order valence-corrected chi connectivity index (χ0v) is 13.0. The van der Waals surface area contributed by atoms with Crippen LogP contribution in [0.4, 0.5) is 10.5 Å². The third-order valence-electron chi connectivity index (χ3n) is 2.45. The van der Waals surface area contributed by atoms with Crippen LogP contribution < -0.4 is 10.1 Å². The Morgan fingerprint density at radius 2 is 1.91 bits per heavy atom. The summed E-state index contributed by atoms with van der Waals surface area (Å²) < 4.78 is 10.3. The van der Waals surface area contributed by atoms with E-state index in [1.165, 1.54) is 0 Å². The number of hydrogen-bond acceptors (Lipinski definition) is 5. The lowest BCUT2D eigenvalue weighted by molar-refractivity contribution is -0.134. The minimum atomic E-state index is -0.628. The Hall–Kier alpha value is -2.37. The molecule has 0 radical (unpaired) electrons. The van der Waals surface area contributed by atoms with Gasteiger partial charge in [-0.2, -0.15) is 0 Å². The molecule has 0 spiro atoms. The van der Waals surface area contributed by atoms with Gasteiger partial charge in [0.2, 0.25) is 0 Å². The molecular formula is C16H21NO5. The molecule has 0 aliphatic carbocycles. The summed E-state index contributed by atoms with van der Waals surface area (Å²) in [6.45, 7) is 5.27. The predicted molar refractivity (Wildman–Crippen MR) is 81.8 cm³/mol. The number of aldehydes is 1. The molecule has 0 fully saturated rings. The second-order valence-corrected chi connectivity index (χ2v) is 5.66. The van der Waals surface area contributed by atoms with E-state index >= 15 is 0 Å². The Morgan fingerprint density at radius 1 is 1.23 bits per heavy atom. The first-order valence-electron chi connectivity index (χ1n) is 7.05. The van der Waals surface area contributed by atoms with Crippen molar-refractivity contribution in [1.82, 2.24) is 0 Å². The van der Waals surface area contributed by atoms with Gasteiger partial charge in [0, 0.05) is 12.8 Å². The average Bonchev–Trinajstić information content (AvgIpc) is 2.39.